The fourth-order valence-corrected chi connectivity index (χ4v) is 3.77. The SMILES string of the molecule is CCCc1c(C(=O)N2CCC(CCNC)CC2)[nH]c(C)c1C(C)=O. The highest BCUT2D eigenvalue weighted by Crippen LogP contribution is 2.26. The number of aromatic nitrogens is 1. The Balaban J connectivity index is 2.13. The minimum Gasteiger partial charge on any atom is -0.354 e. The van der Waals surface area contributed by atoms with Gasteiger partial charge in [0.1, 0.15) is 5.69 Å². The highest BCUT2D eigenvalue weighted by molar-refractivity contribution is 6.02. The van der Waals surface area contributed by atoms with Crippen molar-refractivity contribution in [1.82, 2.24) is 15.2 Å². The lowest BCUT2D eigenvalue weighted by Gasteiger charge is -2.32. The molecule has 1 aliphatic rings. The first-order valence-electron chi connectivity index (χ1n) is 9.15. The van der Waals surface area contributed by atoms with Crippen molar-refractivity contribution in [3.8, 4) is 0 Å². The molecule has 1 aromatic rings. The van der Waals surface area contributed by atoms with E-state index in [0.29, 0.717) is 17.2 Å². The summed E-state index contributed by atoms with van der Waals surface area (Å²) < 4.78 is 0. The van der Waals surface area contributed by atoms with Gasteiger partial charge in [0.15, 0.2) is 5.78 Å². The van der Waals surface area contributed by atoms with Crippen molar-refractivity contribution >= 4 is 11.7 Å². The second-order valence-electron chi connectivity index (χ2n) is 6.91. The van der Waals surface area contributed by atoms with E-state index in [0.717, 1.165) is 56.6 Å². The molecule has 1 fully saturated rings. The lowest BCUT2D eigenvalue weighted by atomic mass is 9.93. The topological polar surface area (TPSA) is 65.2 Å². The van der Waals surface area contributed by atoms with Gasteiger partial charge in [-0.15, -0.1) is 0 Å². The fourth-order valence-electron chi connectivity index (χ4n) is 3.77. The van der Waals surface area contributed by atoms with E-state index in [1.165, 1.54) is 6.42 Å². The van der Waals surface area contributed by atoms with Crippen molar-refractivity contribution in [2.45, 2.75) is 52.9 Å². The van der Waals surface area contributed by atoms with Crippen LogP contribution in [-0.2, 0) is 6.42 Å². The lowest BCUT2D eigenvalue weighted by molar-refractivity contribution is 0.0680. The summed E-state index contributed by atoms with van der Waals surface area (Å²) in [4.78, 5) is 30.1. The van der Waals surface area contributed by atoms with Crippen molar-refractivity contribution < 1.29 is 9.59 Å². The molecule has 1 amide bonds. The Morgan fingerprint density at radius 3 is 2.50 bits per heavy atom. The quantitative estimate of drug-likeness (QED) is 0.754. The van der Waals surface area contributed by atoms with Crippen molar-refractivity contribution in [2.24, 2.45) is 5.92 Å². The Morgan fingerprint density at radius 2 is 1.96 bits per heavy atom. The number of carbonyl (C=O) groups excluding carboxylic acids is 2. The third-order valence-corrected chi connectivity index (χ3v) is 5.06. The zero-order valence-corrected chi connectivity index (χ0v) is 15.5. The van der Waals surface area contributed by atoms with E-state index in [4.69, 9.17) is 0 Å². The highest BCUT2D eigenvalue weighted by Gasteiger charge is 2.28. The summed E-state index contributed by atoms with van der Waals surface area (Å²) in [5, 5.41) is 3.20. The van der Waals surface area contributed by atoms with Gasteiger partial charge in [-0.05, 0) is 64.6 Å². The molecule has 2 N–H and O–H groups in total. The van der Waals surface area contributed by atoms with Gasteiger partial charge in [0.2, 0.25) is 0 Å². The van der Waals surface area contributed by atoms with Crippen LogP contribution in [0.25, 0.3) is 0 Å². The molecule has 1 aromatic heterocycles. The summed E-state index contributed by atoms with van der Waals surface area (Å²) in [5.41, 5.74) is 3.07. The lowest BCUT2D eigenvalue weighted by Crippen LogP contribution is -2.39. The van der Waals surface area contributed by atoms with Gasteiger partial charge >= 0.3 is 0 Å². The molecule has 0 atom stereocenters. The Hall–Kier alpha value is -1.62. The molecular weight excluding hydrogens is 302 g/mol. The number of aryl methyl sites for hydroxylation is 1. The number of likely N-dealkylation sites (tertiary alicyclic amines) is 1. The number of nitrogens with one attached hydrogen (secondary N) is 2. The zero-order chi connectivity index (χ0) is 17.7. The molecule has 0 unspecified atom stereocenters. The molecule has 0 radical (unpaired) electrons. The smallest absolute Gasteiger partial charge is 0.270 e. The number of Topliss-reactive ketones (excluding diaryl/α,β-unsaturated/α-hetero) is 1. The van der Waals surface area contributed by atoms with Crippen LogP contribution in [0.15, 0.2) is 0 Å². The van der Waals surface area contributed by atoms with E-state index in [1.807, 2.05) is 18.9 Å². The summed E-state index contributed by atoms with van der Waals surface area (Å²) in [6, 6.07) is 0. The van der Waals surface area contributed by atoms with E-state index < -0.39 is 0 Å². The van der Waals surface area contributed by atoms with E-state index in [2.05, 4.69) is 17.2 Å². The van der Waals surface area contributed by atoms with Gasteiger partial charge in [-0.1, -0.05) is 13.3 Å². The van der Waals surface area contributed by atoms with E-state index in [9.17, 15) is 9.59 Å². The molecule has 24 heavy (non-hydrogen) atoms. The first kappa shape index (κ1) is 18.7. The predicted molar refractivity (Wildman–Crippen MR) is 96.7 cm³/mol. The Labute approximate surface area is 145 Å². The first-order valence-corrected chi connectivity index (χ1v) is 9.15. The Bertz CT molecular complexity index is 584. The standard InChI is InChI=1S/C19H31N3O2/c1-5-6-16-17(14(3)23)13(2)21-18(16)19(24)22-11-8-15(9-12-22)7-10-20-4/h15,20-21H,5-12H2,1-4H3. The number of amides is 1. The van der Waals surface area contributed by atoms with Crippen LogP contribution in [-0.4, -0.2) is 48.3 Å². The van der Waals surface area contributed by atoms with Crippen LogP contribution in [0, 0.1) is 12.8 Å². The van der Waals surface area contributed by atoms with Crippen molar-refractivity contribution in [1.29, 1.82) is 0 Å². The molecule has 0 saturated carbocycles. The normalized spacial score (nSPS) is 15.8. The molecule has 0 aromatic carbocycles. The van der Waals surface area contributed by atoms with E-state index in [1.54, 1.807) is 6.92 Å². The summed E-state index contributed by atoms with van der Waals surface area (Å²) in [6.07, 6.45) is 4.99. The molecule has 0 aliphatic carbocycles. The maximum absolute atomic E-state index is 13.0. The van der Waals surface area contributed by atoms with Crippen LogP contribution < -0.4 is 5.32 Å². The van der Waals surface area contributed by atoms with Gasteiger partial charge in [-0.25, -0.2) is 0 Å². The van der Waals surface area contributed by atoms with Gasteiger partial charge in [-0.2, -0.15) is 0 Å². The number of piperidine rings is 1. The summed E-state index contributed by atoms with van der Waals surface area (Å²) in [6.45, 7) is 8.21. The number of carbonyl (C=O) groups is 2. The van der Waals surface area contributed by atoms with Crippen molar-refractivity contribution in [3.05, 3.63) is 22.5 Å². The number of nitrogens with zero attached hydrogens (tertiary/aromatic N) is 1. The monoisotopic (exact) mass is 333 g/mol. The van der Waals surface area contributed by atoms with E-state index >= 15 is 0 Å². The number of H-pyrrole nitrogens is 1. The van der Waals surface area contributed by atoms with Gasteiger partial charge in [-0.3, -0.25) is 9.59 Å². The maximum Gasteiger partial charge on any atom is 0.270 e. The van der Waals surface area contributed by atoms with Crippen LogP contribution in [0.5, 0.6) is 0 Å². The van der Waals surface area contributed by atoms with Gasteiger partial charge < -0.3 is 15.2 Å². The van der Waals surface area contributed by atoms with Crippen LogP contribution in [0.2, 0.25) is 0 Å². The fraction of sp³-hybridized carbons (Fsp3) is 0.684. The summed E-state index contributed by atoms with van der Waals surface area (Å²) in [7, 11) is 1.98. The average molecular weight is 333 g/mol. The molecule has 0 bridgehead atoms. The van der Waals surface area contributed by atoms with Crippen LogP contribution in [0.4, 0.5) is 0 Å². The third kappa shape index (κ3) is 4.07. The predicted octanol–water partition coefficient (Wildman–Crippen LogP) is 2.94. The zero-order valence-electron chi connectivity index (χ0n) is 15.5. The number of rotatable bonds is 7. The first-order chi connectivity index (χ1) is 11.5. The average Bonchev–Trinajstić information content (AvgIpc) is 2.89. The van der Waals surface area contributed by atoms with Crippen LogP contribution >= 0.6 is 0 Å². The minimum atomic E-state index is 0.0389. The second-order valence-corrected chi connectivity index (χ2v) is 6.91. The number of aromatic amines is 1. The van der Waals surface area contributed by atoms with Crippen LogP contribution in [0.3, 0.4) is 0 Å². The number of hydrogen-bond donors (Lipinski definition) is 2. The van der Waals surface area contributed by atoms with Gasteiger partial charge in [0.05, 0.1) is 0 Å². The minimum absolute atomic E-state index is 0.0389. The second kappa shape index (κ2) is 8.47. The van der Waals surface area contributed by atoms with Crippen molar-refractivity contribution in [3.63, 3.8) is 0 Å². The number of ketones is 1. The maximum atomic E-state index is 13.0. The number of hydrogen-bond acceptors (Lipinski definition) is 3. The molecule has 2 heterocycles. The summed E-state index contributed by atoms with van der Waals surface area (Å²) >= 11 is 0. The molecular formula is C19H31N3O2. The van der Waals surface area contributed by atoms with Gasteiger partial charge in [0, 0.05) is 24.3 Å². The van der Waals surface area contributed by atoms with Gasteiger partial charge in [0.25, 0.3) is 5.91 Å². The molecule has 1 saturated heterocycles. The molecule has 1 aliphatic heterocycles. The van der Waals surface area contributed by atoms with E-state index in [-0.39, 0.29) is 11.7 Å². The van der Waals surface area contributed by atoms with Crippen LogP contribution in [0.1, 0.15) is 71.6 Å². The molecule has 0 spiro atoms. The largest absolute Gasteiger partial charge is 0.354 e. The van der Waals surface area contributed by atoms with Crippen molar-refractivity contribution in [2.75, 3.05) is 26.7 Å². The highest BCUT2D eigenvalue weighted by atomic mass is 16.2. The molecule has 2 rings (SSSR count). The summed E-state index contributed by atoms with van der Waals surface area (Å²) in [5.74, 6) is 0.799. The Kier molecular flexibility index (Phi) is 6.60. The molecule has 5 nitrogen and oxygen atoms in total. The Morgan fingerprint density at radius 1 is 1.29 bits per heavy atom. The third-order valence-electron chi connectivity index (χ3n) is 5.06. The molecule has 5 heteroatoms. The molecule has 134 valence electrons.